The fourth-order valence-electron chi connectivity index (χ4n) is 3.30. The van der Waals surface area contributed by atoms with Crippen molar-refractivity contribution in [1.29, 1.82) is 0 Å². The Labute approximate surface area is 174 Å². The molecule has 1 aliphatic rings. The van der Waals surface area contributed by atoms with Gasteiger partial charge in [0.1, 0.15) is 4.21 Å². The molecular formula is C19H24ClN3O3S2. The van der Waals surface area contributed by atoms with Gasteiger partial charge in [-0.05, 0) is 48.4 Å². The fraction of sp³-hybridized carbons (Fsp3) is 0.421. The maximum atomic E-state index is 12.9. The Morgan fingerprint density at radius 3 is 2.68 bits per heavy atom. The van der Waals surface area contributed by atoms with Gasteiger partial charge in [-0.1, -0.05) is 36.2 Å². The maximum absolute atomic E-state index is 12.9. The number of urea groups is 1. The number of carbonyl (C=O) groups excluding carboxylic acids is 1. The van der Waals surface area contributed by atoms with Crippen LogP contribution in [0.4, 0.5) is 4.79 Å². The van der Waals surface area contributed by atoms with E-state index in [1.54, 1.807) is 34.0 Å². The highest BCUT2D eigenvalue weighted by Crippen LogP contribution is 2.29. The molecule has 1 atom stereocenters. The van der Waals surface area contributed by atoms with Crippen LogP contribution in [0, 0.1) is 0 Å². The smallest absolute Gasteiger partial charge is 0.315 e. The largest absolute Gasteiger partial charge is 0.338 e. The zero-order valence-electron chi connectivity index (χ0n) is 15.4. The molecule has 3 rings (SSSR count). The molecule has 152 valence electrons. The molecule has 2 heterocycles. The molecule has 6 nitrogen and oxygen atoms in total. The van der Waals surface area contributed by atoms with Crippen molar-refractivity contribution in [3.05, 3.63) is 52.4 Å². The summed E-state index contributed by atoms with van der Waals surface area (Å²) in [5, 5.41) is 8.05. The SMILES string of the molecule is O=C(NCCC1CCCCN1S(=O)(=O)c1cccs1)NCc1ccc(Cl)cc1. The van der Waals surface area contributed by atoms with Crippen LogP contribution < -0.4 is 10.6 Å². The molecule has 1 fully saturated rings. The zero-order chi connectivity index (χ0) is 20.0. The van der Waals surface area contributed by atoms with E-state index in [0.29, 0.717) is 35.3 Å². The van der Waals surface area contributed by atoms with Gasteiger partial charge in [0.15, 0.2) is 0 Å². The zero-order valence-corrected chi connectivity index (χ0v) is 17.8. The standard InChI is InChI=1S/C19H24ClN3O3S2/c20-16-8-6-15(7-9-16)14-22-19(24)21-11-10-17-4-1-2-12-23(17)28(25,26)18-5-3-13-27-18/h3,5-9,13,17H,1-2,4,10-12,14H2,(H2,21,22,24). The first-order valence-corrected chi connectivity index (χ1v) is 12.0. The number of carbonyl (C=O) groups is 1. The van der Waals surface area contributed by atoms with Gasteiger partial charge in [0.05, 0.1) is 0 Å². The number of sulfonamides is 1. The lowest BCUT2D eigenvalue weighted by Crippen LogP contribution is -2.45. The molecule has 1 aliphatic heterocycles. The normalized spacial score (nSPS) is 18.0. The van der Waals surface area contributed by atoms with Gasteiger partial charge in [-0.3, -0.25) is 0 Å². The molecule has 2 amide bonds. The lowest BCUT2D eigenvalue weighted by Gasteiger charge is -2.34. The molecule has 28 heavy (non-hydrogen) atoms. The van der Waals surface area contributed by atoms with E-state index in [9.17, 15) is 13.2 Å². The first-order chi connectivity index (χ1) is 13.5. The molecule has 0 radical (unpaired) electrons. The van der Waals surface area contributed by atoms with Gasteiger partial charge in [-0.25, -0.2) is 13.2 Å². The van der Waals surface area contributed by atoms with Crippen molar-refractivity contribution in [1.82, 2.24) is 14.9 Å². The summed E-state index contributed by atoms with van der Waals surface area (Å²) < 4.78 is 27.7. The molecule has 9 heteroatoms. The van der Waals surface area contributed by atoms with Crippen molar-refractivity contribution in [3.8, 4) is 0 Å². The van der Waals surface area contributed by atoms with Gasteiger partial charge >= 0.3 is 6.03 Å². The minimum atomic E-state index is -3.46. The van der Waals surface area contributed by atoms with Crippen molar-refractivity contribution < 1.29 is 13.2 Å². The minimum absolute atomic E-state index is 0.0857. The number of piperidine rings is 1. The number of amides is 2. The summed E-state index contributed by atoms with van der Waals surface area (Å²) in [6, 6.07) is 10.3. The first kappa shape index (κ1) is 21.1. The fourth-order valence-corrected chi connectivity index (χ4v) is 6.27. The molecule has 2 aromatic rings. The third-order valence-corrected chi connectivity index (χ3v) is 8.34. The van der Waals surface area contributed by atoms with Crippen LogP contribution >= 0.6 is 22.9 Å². The lowest BCUT2D eigenvalue weighted by molar-refractivity contribution is 0.229. The van der Waals surface area contributed by atoms with Crippen LogP contribution in [-0.4, -0.2) is 37.9 Å². The molecular weight excluding hydrogens is 418 g/mol. The Hall–Kier alpha value is -1.61. The predicted molar refractivity (Wildman–Crippen MR) is 112 cm³/mol. The molecule has 1 aromatic carbocycles. The van der Waals surface area contributed by atoms with Crippen LogP contribution in [-0.2, 0) is 16.6 Å². The summed E-state index contributed by atoms with van der Waals surface area (Å²) in [4.78, 5) is 12.0. The second kappa shape index (κ2) is 9.73. The van der Waals surface area contributed by atoms with Crippen LogP contribution in [0.25, 0.3) is 0 Å². The van der Waals surface area contributed by atoms with Crippen LogP contribution in [0.2, 0.25) is 5.02 Å². The van der Waals surface area contributed by atoms with Gasteiger partial charge in [-0.2, -0.15) is 4.31 Å². The number of nitrogens with one attached hydrogen (secondary N) is 2. The lowest BCUT2D eigenvalue weighted by atomic mass is 10.0. The first-order valence-electron chi connectivity index (χ1n) is 9.28. The van der Waals surface area contributed by atoms with Crippen LogP contribution in [0.1, 0.15) is 31.2 Å². The molecule has 2 N–H and O–H groups in total. The summed E-state index contributed by atoms with van der Waals surface area (Å²) in [6.07, 6.45) is 3.29. The Kier molecular flexibility index (Phi) is 7.34. The second-order valence-corrected chi connectivity index (χ2v) is 10.2. The molecule has 0 bridgehead atoms. The van der Waals surface area contributed by atoms with E-state index in [1.807, 2.05) is 12.1 Å². The Morgan fingerprint density at radius 1 is 1.18 bits per heavy atom. The van der Waals surface area contributed by atoms with Crippen molar-refractivity contribution in [3.63, 3.8) is 0 Å². The molecule has 1 aromatic heterocycles. The maximum Gasteiger partial charge on any atom is 0.315 e. The summed E-state index contributed by atoms with van der Waals surface area (Å²) in [7, 11) is -3.46. The number of nitrogens with zero attached hydrogens (tertiary/aromatic N) is 1. The number of halogens is 1. The van der Waals surface area contributed by atoms with Crippen molar-refractivity contribution >= 4 is 39.0 Å². The number of rotatable bonds is 7. The van der Waals surface area contributed by atoms with E-state index >= 15 is 0 Å². The average Bonchev–Trinajstić information content (AvgIpc) is 3.24. The van der Waals surface area contributed by atoms with E-state index in [2.05, 4.69) is 10.6 Å². The number of hydrogen-bond donors (Lipinski definition) is 2. The third-order valence-electron chi connectivity index (χ3n) is 4.76. The monoisotopic (exact) mass is 441 g/mol. The average molecular weight is 442 g/mol. The number of hydrogen-bond acceptors (Lipinski definition) is 4. The molecule has 0 saturated carbocycles. The minimum Gasteiger partial charge on any atom is -0.338 e. The highest BCUT2D eigenvalue weighted by Gasteiger charge is 2.33. The van der Waals surface area contributed by atoms with E-state index in [1.165, 1.54) is 11.3 Å². The third kappa shape index (κ3) is 5.47. The van der Waals surface area contributed by atoms with Crippen molar-refractivity contribution in [2.45, 2.75) is 42.5 Å². The number of thiophene rings is 1. The van der Waals surface area contributed by atoms with Gasteiger partial charge in [0.2, 0.25) is 0 Å². The van der Waals surface area contributed by atoms with Gasteiger partial charge < -0.3 is 10.6 Å². The quantitative estimate of drug-likeness (QED) is 0.685. The van der Waals surface area contributed by atoms with Gasteiger partial charge in [0, 0.05) is 30.7 Å². The second-order valence-electron chi connectivity index (χ2n) is 6.72. The van der Waals surface area contributed by atoms with Crippen LogP contribution in [0.15, 0.2) is 46.0 Å². The summed E-state index contributed by atoms with van der Waals surface area (Å²) in [6.45, 7) is 1.37. The van der Waals surface area contributed by atoms with Crippen molar-refractivity contribution in [2.75, 3.05) is 13.1 Å². The van der Waals surface area contributed by atoms with Crippen LogP contribution in [0.3, 0.4) is 0 Å². The van der Waals surface area contributed by atoms with E-state index in [4.69, 9.17) is 11.6 Å². The Bertz CT molecular complexity index is 870. The molecule has 0 aliphatic carbocycles. The summed E-state index contributed by atoms with van der Waals surface area (Å²) >= 11 is 7.09. The molecule has 1 unspecified atom stereocenters. The van der Waals surface area contributed by atoms with E-state index in [-0.39, 0.29) is 12.1 Å². The topological polar surface area (TPSA) is 78.5 Å². The number of benzene rings is 1. The van der Waals surface area contributed by atoms with Gasteiger partial charge in [0.25, 0.3) is 10.0 Å². The summed E-state index contributed by atoms with van der Waals surface area (Å²) in [5.74, 6) is 0. The van der Waals surface area contributed by atoms with E-state index < -0.39 is 10.0 Å². The van der Waals surface area contributed by atoms with Gasteiger partial charge in [-0.15, -0.1) is 11.3 Å². The molecule has 1 saturated heterocycles. The highest BCUT2D eigenvalue weighted by atomic mass is 35.5. The predicted octanol–water partition coefficient (Wildman–Crippen LogP) is 3.83. The van der Waals surface area contributed by atoms with Crippen LogP contribution in [0.5, 0.6) is 0 Å². The molecule has 0 spiro atoms. The van der Waals surface area contributed by atoms with E-state index in [0.717, 1.165) is 24.8 Å². The summed E-state index contributed by atoms with van der Waals surface area (Å²) in [5.41, 5.74) is 0.958. The highest BCUT2D eigenvalue weighted by molar-refractivity contribution is 7.91. The van der Waals surface area contributed by atoms with Crippen molar-refractivity contribution in [2.24, 2.45) is 0 Å². The Balaban J connectivity index is 1.48. The Morgan fingerprint density at radius 2 is 1.96 bits per heavy atom.